The molecule has 0 heterocycles. The van der Waals surface area contributed by atoms with Gasteiger partial charge >= 0.3 is 6.18 Å². The van der Waals surface area contributed by atoms with Crippen molar-refractivity contribution in [3.8, 4) is 11.5 Å². The number of anilines is 1. The van der Waals surface area contributed by atoms with E-state index in [0.29, 0.717) is 5.75 Å². The van der Waals surface area contributed by atoms with E-state index in [4.69, 9.17) is 9.47 Å². The minimum absolute atomic E-state index is 0.166. The van der Waals surface area contributed by atoms with Crippen LogP contribution in [-0.2, 0) is 21.0 Å². The third-order valence-corrected chi connectivity index (χ3v) is 6.98. The van der Waals surface area contributed by atoms with Crippen molar-refractivity contribution in [2.24, 2.45) is 5.10 Å². The van der Waals surface area contributed by atoms with Crippen LogP contribution in [0.3, 0.4) is 0 Å². The van der Waals surface area contributed by atoms with Crippen LogP contribution in [0.25, 0.3) is 0 Å². The van der Waals surface area contributed by atoms with Gasteiger partial charge in [-0.2, -0.15) is 18.3 Å². The van der Waals surface area contributed by atoms with Crippen molar-refractivity contribution in [2.75, 3.05) is 25.1 Å². The highest BCUT2D eigenvalue weighted by molar-refractivity contribution is 7.92. The fraction of sp³-hybridized carbons (Fsp3) is 0.200. The lowest BCUT2D eigenvalue weighted by Gasteiger charge is -2.24. The lowest BCUT2D eigenvalue weighted by Crippen LogP contribution is -2.39. The second-order valence-corrected chi connectivity index (χ2v) is 9.60. The van der Waals surface area contributed by atoms with Crippen molar-refractivity contribution in [2.45, 2.75) is 18.0 Å². The fourth-order valence-electron chi connectivity index (χ4n) is 3.34. The van der Waals surface area contributed by atoms with E-state index in [9.17, 15) is 26.4 Å². The number of carbonyl (C=O) groups is 1. The number of benzene rings is 3. The molecule has 1 amide bonds. The van der Waals surface area contributed by atoms with E-state index in [2.05, 4.69) is 10.5 Å². The highest BCUT2D eigenvalue weighted by Gasteiger charge is 2.32. The first-order valence-corrected chi connectivity index (χ1v) is 12.2. The molecular formula is C25H24F3N3O5S. The lowest BCUT2D eigenvalue weighted by atomic mass is 10.1. The van der Waals surface area contributed by atoms with Gasteiger partial charge in [0.15, 0.2) is 11.5 Å². The molecule has 3 aromatic rings. The maximum absolute atomic E-state index is 13.6. The summed E-state index contributed by atoms with van der Waals surface area (Å²) in [6.45, 7) is 1.12. The molecule has 0 atom stereocenters. The number of hydrogen-bond donors (Lipinski definition) is 1. The molecule has 0 spiro atoms. The standard InChI is InChI=1S/C25H24F3N3O5S/c1-17-8-10-19(11-9-17)31(37(33,34)20-12-13-22(35-2)23(14-20)36-3)16-24(32)30-29-15-18-6-4-5-7-21(18)25(26,27)28/h4-15H,16H2,1-3H3,(H,30,32)/b29-15-. The SMILES string of the molecule is COc1ccc(S(=O)(=O)N(CC(=O)N/N=C\c2ccccc2C(F)(F)F)c2ccc(C)cc2)cc1OC. The molecule has 0 aliphatic carbocycles. The minimum Gasteiger partial charge on any atom is -0.493 e. The number of hydrogen-bond acceptors (Lipinski definition) is 6. The van der Waals surface area contributed by atoms with Crippen LogP contribution in [0.5, 0.6) is 11.5 Å². The van der Waals surface area contributed by atoms with Gasteiger partial charge in [-0.25, -0.2) is 13.8 Å². The molecule has 0 aliphatic heterocycles. The van der Waals surface area contributed by atoms with E-state index in [1.807, 2.05) is 6.92 Å². The van der Waals surface area contributed by atoms with Crippen LogP contribution in [0.4, 0.5) is 18.9 Å². The quantitative estimate of drug-likeness (QED) is 0.324. The molecule has 3 rings (SSSR count). The number of alkyl halides is 3. The molecule has 0 radical (unpaired) electrons. The molecule has 0 aromatic heterocycles. The second-order valence-electron chi connectivity index (χ2n) is 7.74. The van der Waals surface area contributed by atoms with E-state index >= 15 is 0 Å². The largest absolute Gasteiger partial charge is 0.493 e. The van der Waals surface area contributed by atoms with E-state index in [0.717, 1.165) is 22.1 Å². The summed E-state index contributed by atoms with van der Waals surface area (Å²) in [5, 5.41) is 3.60. The number of carbonyl (C=O) groups excluding carboxylic acids is 1. The van der Waals surface area contributed by atoms with Crippen molar-refractivity contribution >= 4 is 27.8 Å². The Hall–Kier alpha value is -4.06. The van der Waals surface area contributed by atoms with Crippen molar-refractivity contribution in [3.63, 3.8) is 0 Å². The molecule has 8 nitrogen and oxygen atoms in total. The summed E-state index contributed by atoms with van der Waals surface area (Å²) < 4.78 is 77.9. The van der Waals surface area contributed by atoms with Crippen LogP contribution in [0.15, 0.2) is 76.7 Å². The van der Waals surface area contributed by atoms with Gasteiger partial charge < -0.3 is 9.47 Å². The summed E-state index contributed by atoms with van der Waals surface area (Å²) in [6.07, 6.45) is -3.76. The highest BCUT2D eigenvalue weighted by atomic mass is 32.2. The van der Waals surface area contributed by atoms with Crippen LogP contribution < -0.4 is 19.2 Å². The lowest BCUT2D eigenvalue weighted by molar-refractivity contribution is -0.137. The van der Waals surface area contributed by atoms with Crippen molar-refractivity contribution in [1.82, 2.24) is 5.43 Å². The Balaban J connectivity index is 1.90. The number of nitrogens with one attached hydrogen (secondary N) is 1. The average molecular weight is 536 g/mol. The number of aryl methyl sites for hydroxylation is 1. The minimum atomic E-state index is -4.61. The molecule has 0 saturated carbocycles. The second kappa shape index (κ2) is 11.3. The molecule has 0 unspecified atom stereocenters. The Kier molecular flexibility index (Phi) is 8.43. The number of hydrazone groups is 1. The topological polar surface area (TPSA) is 97.3 Å². The van der Waals surface area contributed by atoms with Crippen LogP contribution in [0.2, 0.25) is 0 Å². The van der Waals surface area contributed by atoms with E-state index in [1.54, 1.807) is 12.1 Å². The molecule has 196 valence electrons. The molecule has 0 fully saturated rings. The van der Waals surface area contributed by atoms with Crippen LogP contribution in [0, 0.1) is 6.92 Å². The molecule has 12 heteroatoms. The molecule has 0 bridgehead atoms. The molecule has 37 heavy (non-hydrogen) atoms. The van der Waals surface area contributed by atoms with Gasteiger partial charge in [-0.05, 0) is 37.3 Å². The molecule has 1 N–H and O–H groups in total. The summed E-state index contributed by atoms with van der Waals surface area (Å²) in [6, 6.07) is 15.1. The van der Waals surface area contributed by atoms with Gasteiger partial charge in [0.2, 0.25) is 0 Å². The van der Waals surface area contributed by atoms with Crippen molar-refractivity contribution < 1.29 is 35.9 Å². The Labute approximate surface area is 212 Å². The van der Waals surface area contributed by atoms with Gasteiger partial charge in [-0.1, -0.05) is 35.9 Å². The maximum Gasteiger partial charge on any atom is 0.417 e. The third-order valence-electron chi connectivity index (χ3n) is 5.21. The van der Waals surface area contributed by atoms with E-state index in [-0.39, 0.29) is 21.9 Å². The van der Waals surface area contributed by atoms with Crippen LogP contribution in [0.1, 0.15) is 16.7 Å². The van der Waals surface area contributed by atoms with Crippen molar-refractivity contribution in [1.29, 1.82) is 0 Å². The van der Waals surface area contributed by atoms with Gasteiger partial charge in [-0.15, -0.1) is 0 Å². The molecule has 0 aliphatic rings. The smallest absolute Gasteiger partial charge is 0.417 e. The molecule has 3 aromatic carbocycles. The van der Waals surface area contributed by atoms with Gasteiger partial charge in [0, 0.05) is 11.6 Å². The fourth-order valence-corrected chi connectivity index (χ4v) is 4.77. The Morgan fingerprint density at radius 3 is 2.27 bits per heavy atom. The number of halogens is 3. The first-order valence-electron chi connectivity index (χ1n) is 10.8. The van der Waals surface area contributed by atoms with E-state index in [1.165, 1.54) is 62.8 Å². The monoisotopic (exact) mass is 535 g/mol. The van der Waals surface area contributed by atoms with Gasteiger partial charge in [0.1, 0.15) is 6.54 Å². The summed E-state index contributed by atoms with van der Waals surface area (Å²) in [5.41, 5.74) is 1.97. The zero-order valence-electron chi connectivity index (χ0n) is 20.1. The number of methoxy groups -OCH3 is 2. The van der Waals surface area contributed by atoms with Crippen LogP contribution in [-0.4, -0.2) is 41.3 Å². The predicted octanol–water partition coefficient (Wildman–Crippen LogP) is 4.38. The number of nitrogens with zero attached hydrogens (tertiary/aromatic N) is 2. The Bertz CT molecular complexity index is 1390. The summed E-state index contributed by atoms with van der Waals surface area (Å²) in [5.74, 6) is -0.385. The van der Waals surface area contributed by atoms with Gasteiger partial charge in [-0.3, -0.25) is 9.10 Å². The number of sulfonamides is 1. The summed E-state index contributed by atoms with van der Waals surface area (Å²) in [7, 11) is -1.53. The first kappa shape index (κ1) is 27.5. The zero-order valence-corrected chi connectivity index (χ0v) is 20.9. The van der Waals surface area contributed by atoms with Gasteiger partial charge in [0.05, 0.1) is 36.6 Å². The number of ether oxygens (including phenoxy) is 2. The van der Waals surface area contributed by atoms with Gasteiger partial charge in [0.25, 0.3) is 15.9 Å². The molecular weight excluding hydrogens is 511 g/mol. The third kappa shape index (κ3) is 6.58. The van der Waals surface area contributed by atoms with E-state index < -0.39 is 34.2 Å². The highest BCUT2D eigenvalue weighted by Crippen LogP contribution is 2.33. The van der Waals surface area contributed by atoms with Crippen molar-refractivity contribution in [3.05, 3.63) is 83.4 Å². The number of rotatable bonds is 9. The summed E-state index contributed by atoms with van der Waals surface area (Å²) >= 11 is 0. The maximum atomic E-state index is 13.6. The zero-order chi connectivity index (χ0) is 27.2. The average Bonchev–Trinajstić information content (AvgIpc) is 2.87. The summed E-state index contributed by atoms with van der Waals surface area (Å²) in [4.78, 5) is 12.5. The number of amides is 1. The normalized spacial score (nSPS) is 11.8. The Morgan fingerprint density at radius 1 is 1.00 bits per heavy atom. The Morgan fingerprint density at radius 2 is 1.65 bits per heavy atom. The predicted molar refractivity (Wildman–Crippen MR) is 132 cm³/mol. The van der Waals surface area contributed by atoms with Crippen LogP contribution >= 0.6 is 0 Å². The molecule has 0 saturated heterocycles. The first-order chi connectivity index (χ1) is 17.5.